The Hall–Kier alpha value is -1.61. The second-order valence-electron chi connectivity index (χ2n) is 4.82. The quantitative estimate of drug-likeness (QED) is 0.761. The maximum atomic E-state index is 12.1. The standard InChI is InChI=1S/C13H12BrF3N2O3/c1-12(8-3-2-4-9(14)5-8)7-21-6-10(18-12)19-22-11(20)13(15,16)17/h2-5H,6-7H2,1H3,(H,18,19). The molecule has 1 atom stereocenters. The molecule has 1 aliphatic rings. The Morgan fingerprint density at radius 1 is 1.50 bits per heavy atom. The molecular weight excluding hydrogens is 369 g/mol. The molecule has 1 aromatic carbocycles. The predicted octanol–water partition coefficient (Wildman–Crippen LogP) is 2.70. The van der Waals surface area contributed by atoms with Crippen LogP contribution in [0, 0.1) is 0 Å². The minimum absolute atomic E-state index is 0.00586. The number of nitrogens with one attached hydrogen (secondary N) is 1. The lowest BCUT2D eigenvalue weighted by Crippen LogP contribution is -2.42. The van der Waals surface area contributed by atoms with Crippen molar-refractivity contribution in [2.45, 2.75) is 18.6 Å². The van der Waals surface area contributed by atoms with Gasteiger partial charge in [-0.2, -0.15) is 13.2 Å². The van der Waals surface area contributed by atoms with E-state index in [1.54, 1.807) is 6.92 Å². The first-order chi connectivity index (χ1) is 10.2. The Bertz CT molecular complexity index is 606. The molecule has 0 bridgehead atoms. The second kappa shape index (κ2) is 6.25. The SMILES string of the molecule is CC1(c2cccc(Br)c2)COCC(NOC(=O)C(F)(F)F)=N1. The number of hydrogen-bond acceptors (Lipinski definition) is 5. The Kier molecular flexibility index (Phi) is 4.76. The van der Waals surface area contributed by atoms with Crippen LogP contribution in [0.25, 0.3) is 0 Å². The van der Waals surface area contributed by atoms with Crippen LogP contribution in [0.3, 0.4) is 0 Å². The molecule has 0 amide bonds. The number of amidine groups is 1. The molecule has 1 N–H and O–H groups in total. The van der Waals surface area contributed by atoms with Gasteiger partial charge >= 0.3 is 12.1 Å². The largest absolute Gasteiger partial charge is 0.493 e. The molecule has 1 aliphatic heterocycles. The highest BCUT2D eigenvalue weighted by molar-refractivity contribution is 9.10. The number of nitrogens with zero attached hydrogens (tertiary/aromatic N) is 1. The number of alkyl halides is 3. The van der Waals surface area contributed by atoms with Crippen LogP contribution in [-0.4, -0.2) is 31.2 Å². The molecule has 0 saturated carbocycles. The maximum absolute atomic E-state index is 12.1. The fourth-order valence-corrected chi connectivity index (χ4v) is 2.29. The van der Waals surface area contributed by atoms with Crippen molar-refractivity contribution in [3.05, 3.63) is 34.3 Å². The molecule has 0 fully saturated rings. The molecule has 0 spiro atoms. The number of carbonyl (C=O) groups excluding carboxylic acids is 1. The summed E-state index contributed by atoms with van der Waals surface area (Å²) in [7, 11) is 0. The van der Waals surface area contributed by atoms with E-state index in [0.717, 1.165) is 10.0 Å². The minimum Gasteiger partial charge on any atom is -0.371 e. The van der Waals surface area contributed by atoms with Crippen molar-refractivity contribution in [2.24, 2.45) is 4.99 Å². The highest BCUT2D eigenvalue weighted by Crippen LogP contribution is 2.30. The first kappa shape index (κ1) is 16.8. The minimum atomic E-state index is -5.07. The summed E-state index contributed by atoms with van der Waals surface area (Å²) < 4.78 is 42.4. The summed E-state index contributed by atoms with van der Waals surface area (Å²) in [4.78, 5) is 18.9. The van der Waals surface area contributed by atoms with E-state index in [4.69, 9.17) is 4.74 Å². The molecule has 9 heteroatoms. The van der Waals surface area contributed by atoms with Gasteiger partial charge in [0.05, 0.1) is 6.61 Å². The van der Waals surface area contributed by atoms with Crippen molar-refractivity contribution in [1.29, 1.82) is 0 Å². The van der Waals surface area contributed by atoms with Gasteiger partial charge in [0.1, 0.15) is 12.1 Å². The van der Waals surface area contributed by atoms with E-state index in [1.165, 1.54) is 0 Å². The number of halogens is 4. The smallest absolute Gasteiger partial charge is 0.371 e. The number of hydrogen-bond donors (Lipinski definition) is 1. The maximum Gasteiger partial charge on any atom is 0.493 e. The Morgan fingerprint density at radius 3 is 2.86 bits per heavy atom. The molecule has 1 heterocycles. The number of carbonyl (C=O) groups is 1. The van der Waals surface area contributed by atoms with Crippen molar-refractivity contribution >= 4 is 27.7 Å². The van der Waals surface area contributed by atoms with E-state index in [-0.39, 0.29) is 19.0 Å². The van der Waals surface area contributed by atoms with Crippen molar-refractivity contribution in [3.8, 4) is 0 Å². The van der Waals surface area contributed by atoms with Crippen molar-refractivity contribution in [3.63, 3.8) is 0 Å². The van der Waals surface area contributed by atoms with E-state index < -0.39 is 17.7 Å². The van der Waals surface area contributed by atoms with E-state index >= 15 is 0 Å². The third-order valence-corrected chi connectivity index (χ3v) is 3.44. The first-order valence-corrected chi connectivity index (χ1v) is 6.96. The monoisotopic (exact) mass is 380 g/mol. The average molecular weight is 381 g/mol. The predicted molar refractivity (Wildman–Crippen MR) is 75.0 cm³/mol. The summed E-state index contributed by atoms with van der Waals surface area (Å²) in [5.41, 5.74) is 1.92. The molecule has 22 heavy (non-hydrogen) atoms. The van der Waals surface area contributed by atoms with Crippen LogP contribution in [0.15, 0.2) is 33.7 Å². The van der Waals surface area contributed by atoms with Gasteiger partial charge in [0, 0.05) is 4.47 Å². The molecule has 0 radical (unpaired) electrons. The van der Waals surface area contributed by atoms with Gasteiger partial charge in [-0.1, -0.05) is 28.1 Å². The topological polar surface area (TPSA) is 59.9 Å². The lowest BCUT2D eigenvalue weighted by Gasteiger charge is -2.31. The zero-order valence-corrected chi connectivity index (χ0v) is 13.0. The summed E-state index contributed by atoms with van der Waals surface area (Å²) >= 11 is 3.34. The summed E-state index contributed by atoms with van der Waals surface area (Å²) in [5.74, 6) is -2.34. The zero-order chi connectivity index (χ0) is 16.4. The molecule has 0 aliphatic carbocycles. The van der Waals surface area contributed by atoms with Gasteiger partial charge in [-0.05, 0) is 24.6 Å². The van der Waals surface area contributed by atoms with E-state index in [1.807, 2.05) is 29.7 Å². The van der Waals surface area contributed by atoms with Gasteiger partial charge < -0.3 is 9.57 Å². The van der Waals surface area contributed by atoms with Crippen LogP contribution in [-0.2, 0) is 19.9 Å². The Labute approximate surface area is 132 Å². The molecule has 0 saturated heterocycles. The van der Waals surface area contributed by atoms with Crippen LogP contribution in [0.2, 0.25) is 0 Å². The van der Waals surface area contributed by atoms with Crippen molar-refractivity contribution < 1.29 is 27.5 Å². The molecule has 5 nitrogen and oxygen atoms in total. The van der Waals surface area contributed by atoms with Crippen LogP contribution < -0.4 is 5.48 Å². The third kappa shape index (κ3) is 3.98. The van der Waals surface area contributed by atoms with E-state index in [9.17, 15) is 18.0 Å². The number of ether oxygens (including phenoxy) is 1. The number of aliphatic imine (C=N–C) groups is 1. The first-order valence-electron chi connectivity index (χ1n) is 6.17. The Balaban J connectivity index is 2.13. The van der Waals surface area contributed by atoms with Crippen molar-refractivity contribution in [1.82, 2.24) is 5.48 Å². The Morgan fingerprint density at radius 2 is 2.23 bits per heavy atom. The van der Waals surface area contributed by atoms with Gasteiger partial charge in [0.15, 0.2) is 5.84 Å². The lowest BCUT2D eigenvalue weighted by molar-refractivity contribution is -0.204. The summed E-state index contributed by atoms with van der Waals surface area (Å²) in [6.07, 6.45) is -5.07. The van der Waals surface area contributed by atoms with E-state index in [2.05, 4.69) is 25.8 Å². The third-order valence-electron chi connectivity index (χ3n) is 2.94. The summed E-state index contributed by atoms with van der Waals surface area (Å²) in [6.45, 7) is 1.94. The molecule has 0 aromatic heterocycles. The molecular formula is C13H12BrF3N2O3. The molecule has 2 rings (SSSR count). The molecule has 120 valence electrons. The van der Waals surface area contributed by atoms with Crippen molar-refractivity contribution in [2.75, 3.05) is 13.2 Å². The summed E-state index contributed by atoms with van der Waals surface area (Å²) in [6, 6.07) is 7.30. The highest BCUT2D eigenvalue weighted by Gasteiger charge is 2.42. The van der Waals surface area contributed by atoms with Crippen LogP contribution >= 0.6 is 15.9 Å². The normalized spacial score (nSPS) is 22.0. The number of rotatable bonds is 1. The summed E-state index contributed by atoms with van der Waals surface area (Å²) in [5, 5.41) is 0. The average Bonchev–Trinajstić information content (AvgIpc) is 2.44. The highest BCUT2D eigenvalue weighted by atomic mass is 79.9. The lowest BCUT2D eigenvalue weighted by atomic mass is 9.93. The van der Waals surface area contributed by atoms with Gasteiger partial charge in [-0.3, -0.25) is 4.99 Å². The van der Waals surface area contributed by atoms with Crippen LogP contribution in [0.1, 0.15) is 12.5 Å². The van der Waals surface area contributed by atoms with Crippen LogP contribution in [0.5, 0.6) is 0 Å². The van der Waals surface area contributed by atoms with Crippen LogP contribution in [0.4, 0.5) is 13.2 Å². The van der Waals surface area contributed by atoms with Gasteiger partial charge in [-0.25, -0.2) is 10.3 Å². The molecule has 1 unspecified atom stereocenters. The fourth-order valence-electron chi connectivity index (χ4n) is 1.90. The second-order valence-corrected chi connectivity index (χ2v) is 5.74. The van der Waals surface area contributed by atoms with Gasteiger partial charge in [0.2, 0.25) is 0 Å². The number of hydroxylamine groups is 1. The van der Waals surface area contributed by atoms with Gasteiger partial charge in [0.25, 0.3) is 0 Å². The molecule has 1 aromatic rings. The zero-order valence-electron chi connectivity index (χ0n) is 11.4. The van der Waals surface area contributed by atoms with Gasteiger partial charge in [-0.15, -0.1) is 0 Å². The fraction of sp³-hybridized carbons (Fsp3) is 0.385. The number of benzene rings is 1. The van der Waals surface area contributed by atoms with E-state index in [0.29, 0.717) is 0 Å².